The highest BCUT2D eigenvalue weighted by Crippen LogP contribution is 2.22. The lowest BCUT2D eigenvalue weighted by Gasteiger charge is -2.26. The zero-order chi connectivity index (χ0) is 13.0. The summed E-state index contributed by atoms with van der Waals surface area (Å²) in [6.07, 6.45) is 0. The number of nitrogens with one attached hydrogen (secondary N) is 2. The number of anilines is 2. The van der Waals surface area contributed by atoms with E-state index in [4.69, 9.17) is 17.3 Å². The molecular weight excluding hydrogens is 252 g/mol. The molecule has 0 bridgehead atoms. The Kier molecular flexibility index (Phi) is 4.41. The van der Waals surface area contributed by atoms with Crippen LogP contribution in [-0.2, 0) is 4.79 Å². The first-order valence-corrected chi connectivity index (χ1v) is 6.31. The van der Waals surface area contributed by atoms with Crippen molar-refractivity contribution in [3.8, 4) is 0 Å². The molecule has 5 nitrogen and oxygen atoms in total. The van der Waals surface area contributed by atoms with Crippen molar-refractivity contribution < 1.29 is 4.79 Å². The molecule has 0 saturated carbocycles. The minimum atomic E-state index is -0.0291. The number of nitrogens with zero attached hydrogens (tertiary/aromatic N) is 1. The first-order chi connectivity index (χ1) is 8.65. The van der Waals surface area contributed by atoms with E-state index in [1.54, 1.807) is 18.2 Å². The fourth-order valence-corrected chi connectivity index (χ4v) is 2.01. The molecule has 1 saturated heterocycles. The first-order valence-electron chi connectivity index (χ1n) is 5.93. The number of nitrogen functional groups attached to an aromatic ring is 1. The molecule has 2 rings (SSSR count). The molecule has 0 spiro atoms. The van der Waals surface area contributed by atoms with Crippen molar-refractivity contribution in [2.24, 2.45) is 0 Å². The van der Waals surface area contributed by atoms with Gasteiger partial charge in [0.1, 0.15) is 0 Å². The first kappa shape index (κ1) is 13.1. The number of benzene rings is 1. The molecule has 6 heteroatoms. The average molecular weight is 269 g/mol. The van der Waals surface area contributed by atoms with Gasteiger partial charge in [0.2, 0.25) is 5.91 Å². The van der Waals surface area contributed by atoms with E-state index in [0.29, 0.717) is 22.9 Å². The Morgan fingerprint density at radius 2 is 2.17 bits per heavy atom. The molecule has 0 aromatic heterocycles. The molecular formula is C12H17ClN4O. The third-order valence-electron chi connectivity index (χ3n) is 2.86. The van der Waals surface area contributed by atoms with Gasteiger partial charge < -0.3 is 16.4 Å². The number of hydrogen-bond acceptors (Lipinski definition) is 4. The number of piperazine rings is 1. The number of carbonyl (C=O) groups is 1. The topological polar surface area (TPSA) is 70.4 Å². The number of amides is 1. The van der Waals surface area contributed by atoms with Crippen LogP contribution in [0.1, 0.15) is 0 Å². The lowest BCUT2D eigenvalue weighted by Crippen LogP contribution is -2.46. The van der Waals surface area contributed by atoms with E-state index in [0.717, 1.165) is 26.2 Å². The number of rotatable bonds is 3. The highest BCUT2D eigenvalue weighted by atomic mass is 35.5. The molecule has 0 atom stereocenters. The van der Waals surface area contributed by atoms with Crippen molar-refractivity contribution in [1.82, 2.24) is 10.2 Å². The van der Waals surface area contributed by atoms with E-state index in [1.165, 1.54) is 0 Å². The van der Waals surface area contributed by atoms with E-state index >= 15 is 0 Å². The van der Waals surface area contributed by atoms with E-state index in [-0.39, 0.29) is 5.91 Å². The van der Waals surface area contributed by atoms with Crippen LogP contribution in [0.5, 0.6) is 0 Å². The summed E-state index contributed by atoms with van der Waals surface area (Å²) in [6, 6.07) is 5.09. The van der Waals surface area contributed by atoms with Gasteiger partial charge in [0, 0.05) is 31.9 Å². The zero-order valence-corrected chi connectivity index (χ0v) is 10.8. The van der Waals surface area contributed by atoms with Crippen LogP contribution in [0.15, 0.2) is 18.2 Å². The molecule has 0 unspecified atom stereocenters. The quantitative estimate of drug-likeness (QED) is 0.708. The second kappa shape index (κ2) is 6.04. The van der Waals surface area contributed by atoms with Gasteiger partial charge in [-0.3, -0.25) is 9.69 Å². The second-order valence-corrected chi connectivity index (χ2v) is 4.72. The third-order valence-corrected chi connectivity index (χ3v) is 3.20. The average Bonchev–Trinajstić information content (AvgIpc) is 2.35. The molecule has 1 aliphatic rings. The Balaban J connectivity index is 1.88. The van der Waals surface area contributed by atoms with Crippen molar-refractivity contribution in [3.63, 3.8) is 0 Å². The molecule has 98 valence electrons. The molecule has 0 aliphatic carbocycles. The van der Waals surface area contributed by atoms with Crippen LogP contribution in [0.3, 0.4) is 0 Å². The van der Waals surface area contributed by atoms with Crippen molar-refractivity contribution in [2.45, 2.75) is 0 Å². The fourth-order valence-electron chi connectivity index (χ4n) is 1.89. The molecule has 1 heterocycles. The fraction of sp³-hybridized carbons (Fsp3) is 0.417. The maximum absolute atomic E-state index is 11.8. The Bertz CT molecular complexity index is 432. The minimum Gasteiger partial charge on any atom is -0.397 e. The van der Waals surface area contributed by atoms with Gasteiger partial charge in [-0.2, -0.15) is 0 Å². The Hall–Kier alpha value is -1.30. The number of hydrogen-bond donors (Lipinski definition) is 3. The van der Waals surface area contributed by atoms with E-state index in [2.05, 4.69) is 15.5 Å². The van der Waals surface area contributed by atoms with Gasteiger partial charge in [0.15, 0.2) is 0 Å². The number of carbonyl (C=O) groups excluding carboxylic acids is 1. The molecule has 0 radical (unpaired) electrons. The lowest BCUT2D eigenvalue weighted by molar-refractivity contribution is -0.117. The maximum Gasteiger partial charge on any atom is 0.238 e. The summed E-state index contributed by atoms with van der Waals surface area (Å²) in [5.74, 6) is -0.0291. The summed E-state index contributed by atoms with van der Waals surface area (Å²) in [4.78, 5) is 13.9. The lowest BCUT2D eigenvalue weighted by atomic mass is 10.2. The molecule has 1 aliphatic heterocycles. The predicted molar refractivity (Wildman–Crippen MR) is 73.8 cm³/mol. The molecule has 1 aromatic rings. The van der Waals surface area contributed by atoms with Crippen molar-refractivity contribution in [2.75, 3.05) is 43.8 Å². The smallest absolute Gasteiger partial charge is 0.238 e. The molecule has 18 heavy (non-hydrogen) atoms. The van der Waals surface area contributed by atoms with Crippen LogP contribution in [0, 0.1) is 0 Å². The van der Waals surface area contributed by atoms with Gasteiger partial charge in [0.25, 0.3) is 0 Å². The van der Waals surface area contributed by atoms with E-state index < -0.39 is 0 Å². The molecule has 1 aromatic carbocycles. The van der Waals surface area contributed by atoms with Crippen molar-refractivity contribution in [1.29, 1.82) is 0 Å². The third kappa shape index (κ3) is 3.60. The predicted octanol–water partition coefficient (Wildman–Crippen LogP) is 0.766. The van der Waals surface area contributed by atoms with Crippen LogP contribution in [0.4, 0.5) is 11.4 Å². The van der Waals surface area contributed by atoms with Gasteiger partial charge in [-0.25, -0.2) is 0 Å². The van der Waals surface area contributed by atoms with Crippen LogP contribution in [0.25, 0.3) is 0 Å². The Morgan fingerprint density at radius 3 is 2.83 bits per heavy atom. The molecule has 4 N–H and O–H groups in total. The highest BCUT2D eigenvalue weighted by Gasteiger charge is 2.13. The van der Waals surface area contributed by atoms with Gasteiger partial charge in [-0.05, 0) is 18.2 Å². The second-order valence-electron chi connectivity index (χ2n) is 4.31. The normalized spacial score (nSPS) is 16.5. The zero-order valence-electron chi connectivity index (χ0n) is 10.1. The SMILES string of the molecule is Nc1cc(NC(=O)CN2CCNCC2)ccc1Cl. The Labute approximate surface area is 111 Å². The van der Waals surface area contributed by atoms with E-state index in [1.807, 2.05) is 0 Å². The van der Waals surface area contributed by atoms with Gasteiger partial charge in [0.05, 0.1) is 17.3 Å². The van der Waals surface area contributed by atoms with Gasteiger partial charge >= 0.3 is 0 Å². The van der Waals surface area contributed by atoms with Crippen molar-refractivity contribution in [3.05, 3.63) is 23.2 Å². The number of halogens is 1. The van der Waals surface area contributed by atoms with Crippen LogP contribution in [-0.4, -0.2) is 43.5 Å². The number of nitrogens with two attached hydrogens (primary N) is 1. The standard InChI is InChI=1S/C12H17ClN4O/c13-10-2-1-9(7-11(10)14)16-12(18)8-17-5-3-15-4-6-17/h1-2,7,15H,3-6,8,14H2,(H,16,18). The summed E-state index contributed by atoms with van der Waals surface area (Å²) in [6.45, 7) is 4.07. The minimum absolute atomic E-state index is 0.0291. The van der Waals surface area contributed by atoms with Crippen LogP contribution < -0.4 is 16.4 Å². The monoisotopic (exact) mass is 268 g/mol. The maximum atomic E-state index is 11.8. The van der Waals surface area contributed by atoms with Crippen molar-refractivity contribution >= 4 is 28.9 Å². The van der Waals surface area contributed by atoms with E-state index in [9.17, 15) is 4.79 Å². The molecule has 1 fully saturated rings. The largest absolute Gasteiger partial charge is 0.397 e. The summed E-state index contributed by atoms with van der Waals surface area (Å²) in [5.41, 5.74) is 6.83. The van der Waals surface area contributed by atoms with Crippen LogP contribution in [0.2, 0.25) is 5.02 Å². The summed E-state index contributed by atoms with van der Waals surface area (Å²) in [7, 11) is 0. The summed E-state index contributed by atoms with van der Waals surface area (Å²) in [5, 5.41) is 6.56. The highest BCUT2D eigenvalue weighted by molar-refractivity contribution is 6.33. The molecule has 1 amide bonds. The van der Waals surface area contributed by atoms with Gasteiger partial charge in [-0.15, -0.1) is 0 Å². The summed E-state index contributed by atoms with van der Waals surface area (Å²) >= 11 is 5.82. The van der Waals surface area contributed by atoms with Gasteiger partial charge in [-0.1, -0.05) is 11.6 Å². The summed E-state index contributed by atoms with van der Waals surface area (Å²) < 4.78 is 0. The van der Waals surface area contributed by atoms with Crippen LogP contribution >= 0.6 is 11.6 Å². The Morgan fingerprint density at radius 1 is 1.44 bits per heavy atom.